The van der Waals surface area contributed by atoms with Crippen molar-refractivity contribution in [2.75, 3.05) is 18.0 Å². The van der Waals surface area contributed by atoms with Crippen molar-refractivity contribution in [1.82, 2.24) is 20.1 Å². The zero-order chi connectivity index (χ0) is 19.0. The summed E-state index contributed by atoms with van der Waals surface area (Å²) in [5.74, 6) is 0.0904. The smallest absolute Gasteiger partial charge is 0.270 e. The Kier molecular flexibility index (Phi) is 4.63. The number of amides is 1. The van der Waals surface area contributed by atoms with Crippen LogP contribution in [-0.2, 0) is 13.5 Å². The molecule has 0 bridgehead atoms. The van der Waals surface area contributed by atoms with Gasteiger partial charge in [0, 0.05) is 50.2 Å². The number of carbonyl (C=O) groups excluding carboxylic acids is 1. The van der Waals surface area contributed by atoms with Crippen molar-refractivity contribution in [3.8, 4) is 0 Å². The average molecular weight is 369 g/mol. The summed E-state index contributed by atoms with van der Waals surface area (Å²) in [7, 11) is 1.90. The van der Waals surface area contributed by atoms with E-state index in [9.17, 15) is 9.90 Å². The van der Waals surface area contributed by atoms with Gasteiger partial charge in [0.05, 0.1) is 11.8 Å². The van der Waals surface area contributed by atoms with Crippen LogP contribution >= 0.6 is 0 Å². The summed E-state index contributed by atoms with van der Waals surface area (Å²) in [5.41, 5.74) is 2.24. The molecule has 1 saturated carbocycles. The number of aliphatic hydroxyl groups excluding tert-OH is 1. The molecule has 7 heteroatoms. The Morgan fingerprint density at radius 2 is 2.22 bits per heavy atom. The summed E-state index contributed by atoms with van der Waals surface area (Å²) in [6.07, 6.45) is 6.81. The van der Waals surface area contributed by atoms with E-state index in [0.29, 0.717) is 5.69 Å². The Hall–Kier alpha value is -2.41. The minimum Gasteiger partial charge on any atom is -0.393 e. The lowest BCUT2D eigenvalue weighted by molar-refractivity contribution is 0.0924. The fourth-order valence-electron chi connectivity index (χ4n) is 3.81. The van der Waals surface area contributed by atoms with Crippen LogP contribution in [0.4, 0.5) is 5.69 Å². The van der Waals surface area contributed by atoms with Gasteiger partial charge in [-0.05, 0) is 43.4 Å². The van der Waals surface area contributed by atoms with Crippen LogP contribution in [0, 0.1) is 5.92 Å². The van der Waals surface area contributed by atoms with E-state index in [1.54, 1.807) is 10.9 Å². The lowest BCUT2D eigenvalue weighted by atomic mass is 9.96. The molecule has 2 aromatic rings. The van der Waals surface area contributed by atoms with Gasteiger partial charge in [-0.1, -0.05) is 6.92 Å². The molecule has 144 valence electrons. The van der Waals surface area contributed by atoms with E-state index >= 15 is 0 Å². The molecule has 0 unspecified atom stereocenters. The molecule has 1 aliphatic carbocycles. The number of nitrogens with one attached hydrogen (secondary N) is 1. The van der Waals surface area contributed by atoms with Crippen LogP contribution in [-0.4, -0.2) is 50.5 Å². The van der Waals surface area contributed by atoms with Gasteiger partial charge in [0.25, 0.3) is 5.91 Å². The molecule has 2 aliphatic rings. The standard InChI is InChI=1S/C20H27N5O2/c1-14-13-25(10-5-18(14)26)16-3-8-21-17(11-16)19(27)22-20(6-7-20)12-15-4-9-24(2)23-15/h3-4,8-9,11,14,18,26H,5-7,10,12-13H2,1-2H3,(H,22,27)/t14-,18+/m0/s1. The number of rotatable bonds is 5. The van der Waals surface area contributed by atoms with E-state index in [1.165, 1.54) is 0 Å². The van der Waals surface area contributed by atoms with Gasteiger partial charge in [-0.15, -0.1) is 0 Å². The lowest BCUT2D eigenvalue weighted by Crippen LogP contribution is -2.42. The number of aromatic nitrogens is 3. The first-order valence-corrected chi connectivity index (χ1v) is 9.64. The number of pyridine rings is 1. The van der Waals surface area contributed by atoms with E-state index in [2.05, 4.69) is 27.2 Å². The molecule has 2 N–H and O–H groups in total. The lowest BCUT2D eigenvalue weighted by Gasteiger charge is -2.36. The fraction of sp³-hybridized carbons (Fsp3) is 0.550. The van der Waals surface area contributed by atoms with Gasteiger partial charge < -0.3 is 15.3 Å². The summed E-state index contributed by atoms with van der Waals surface area (Å²) in [6.45, 7) is 3.64. The van der Waals surface area contributed by atoms with Crippen LogP contribution in [0.5, 0.6) is 0 Å². The normalized spacial score (nSPS) is 23.9. The minimum absolute atomic E-state index is 0.129. The highest BCUT2D eigenvalue weighted by atomic mass is 16.3. The van der Waals surface area contributed by atoms with Crippen molar-refractivity contribution >= 4 is 11.6 Å². The van der Waals surface area contributed by atoms with Gasteiger partial charge >= 0.3 is 0 Å². The van der Waals surface area contributed by atoms with Gasteiger partial charge in [0.15, 0.2) is 0 Å². The molecule has 27 heavy (non-hydrogen) atoms. The molecule has 7 nitrogen and oxygen atoms in total. The highest BCUT2D eigenvalue weighted by Gasteiger charge is 2.44. The fourth-order valence-corrected chi connectivity index (χ4v) is 3.81. The maximum Gasteiger partial charge on any atom is 0.270 e. The van der Waals surface area contributed by atoms with Gasteiger partial charge in [-0.25, -0.2) is 0 Å². The van der Waals surface area contributed by atoms with Crippen molar-refractivity contribution < 1.29 is 9.90 Å². The Labute approximate surface area is 159 Å². The van der Waals surface area contributed by atoms with Gasteiger partial charge in [0.2, 0.25) is 0 Å². The number of anilines is 1. The predicted octanol–water partition coefficient (Wildman–Crippen LogP) is 1.53. The molecule has 2 aromatic heterocycles. The van der Waals surface area contributed by atoms with Crippen molar-refractivity contribution in [1.29, 1.82) is 0 Å². The van der Waals surface area contributed by atoms with Crippen molar-refractivity contribution in [3.05, 3.63) is 42.0 Å². The maximum atomic E-state index is 12.8. The summed E-state index contributed by atoms with van der Waals surface area (Å²) < 4.78 is 1.79. The Bertz CT molecular complexity index is 829. The molecule has 1 amide bonds. The first-order chi connectivity index (χ1) is 12.9. The molecule has 0 aromatic carbocycles. The number of aryl methyl sites for hydroxylation is 1. The Morgan fingerprint density at radius 3 is 2.89 bits per heavy atom. The van der Waals surface area contributed by atoms with Crippen molar-refractivity contribution in [2.24, 2.45) is 13.0 Å². The Morgan fingerprint density at radius 1 is 1.41 bits per heavy atom. The summed E-state index contributed by atoms with van der Waals surface area (Å²) in [5, 5.41) is 17.5. The first kappa shape index (κ1) is 18.0. The van der Waals surface area contributed by atoms with Crippen molar-refractivity contribution in [3.63, 3.8) is 0 Å². The average Bonchev–Trinajstić information content (AvgIpc) is 3.28. The van der Waals surface area contributed by atoms with E-state index in [4.69, 9.17) is 0 Å². The van der Waals surface area contributed by atoms with E-state index < -0.39 is 0 Å². The van der Waals surface area contributed by atoms with E-state index in [0.717, 1.165) is 50.2 Å². The van der Waals surface area contributed by atoms with Crippen LogP contribution in [0.3, 0.4) is 0 Å². The molecular weight excluding hydrogens is 342 g/mol. The van der Waals surface area contributed by atoms with Crippen LogP contribution in [0.15, 0.2) is 30.6 Å². The highest BCUT2D eigenvalue weighted by Crippen LogP contribution is 2.38. The van der Waals surface area contributed by atoms with Crippen LogP contribution in [0.2, 0.25) is 0 Å². The molecule has 1 saturated heterocycles. The summed E-state index contributed by atoms with van der Waals surface area (Å²) in [6, 6.07) is 5.79. The number of aliphatic hydroxyl groups is 1. The summed E-state index contributed by atoms with van der Waals surface area (Å²) >= 11 is 0. The quantitative estimate of drug-likeness (QED) is 0.835. The second-order valence-corrected chi connectivity index (χ2v) is 8.07. The molecule has 0 radical (unpaired) electrons. The third-order valence-corrected chi connectivity index (χ3v) is 5.72. The monoisotopic (exact) mass is 369 g/mol. The number of nitrogens with zero attached hydrogens (tertiary/aromatic N) is 4. The topological polar surface area (TPSA) is 83.3 Å². The molecule has 4 rings (SSSR count). The first-order valence-electron chi connectivity index (χ1n) is 9.64. The van der Waals surface area contributed by atoms with Crippen LogP contribution in [0.25, 0.3) is 0 Å². The van der Waals surface area contributed by atoms with Gasteiger partial charge in [-0.2, -0.15) is 5.10 Å². The third-order valence-electron chi connectivity index (χ3n) is 5.72. The molecule has 3 heterocycles. The van der Waals surface area contributed by atoms with Crippen LogP contribution in [0.1, 0.15) is 42.4 Å². The SMILES string of the molecule is C[C@H]1CN(c2ccnc(C(=O)NC3(Cc4ccn(C)n4)CC3)c2)CC[C@H]1O. The zero-order valence-corrected chi connectivity index (χ0v) is 15.9. The van der Waals surface area contributed by atoms with E-state index in [-0.39, 0.29) is 23.5 Å². The minimum atomic E-state index is -0.243. The third kappa shape index (κ3) is 3.98. The number of hydrogen-bond donors (Lipinski definition) is 2. The molecular formula is C20H27N5O2. The number of piperidine rings is 1. The molecule has 1 aliphatic heterocycles. The highest BCUT2D eigenvalue weighted by molar-refractivity contribution is 5.94. The zero-order valence-electron chi connectivity index (χ0n) is 15.9. The van der Waals surface area contributed by atoms with Gasteiger partial charge in [0.1, 0.15) is 5.69 Å². The maximum absolute atomic E-state index is 12.8. The molecule has 2 atom stereocenters. The predicted molar refractivity (Wildman–Crippen MR) is 103 cm³/mol. The van der Waals surface area contributed by atoms with E-state index in [1.807, 2.05) is 31.4 Å². The largest absolute Gasteiger partial charge is 0.393 e. The second kappa shape index (κ2) is 6.96. The number of hydrogen-bond acceptors (Lipinski definition) is 5. The van der Waals surface area contributed by atoms with Crippen molar-refractivity contribution in [2.45, 2.75) is 44.2 Å². The van der Waals surface area contributed by atoms with Gasteiger partial charge in [-0.3, -0.25) is 14.5 Å². The Balaban J connectivity index is 1.43. The molecule has 2 fully saturated rings. The second-order valence-electron chi connectivity index (χ2n) is 8.07. The summed E-state index contributed by atoms with van der Waals surface area (Å²) in [4.78, 5) is 19.3. The number of carbonyl (C=O) groups is 1. The molecule has 0 spiro atoms. The van der Waals surface area contributed by atoms with Crippen LogP contribution < -0.4 is 10.2 Å².